The Morgan fingerprint density at radius 1 is 1.16 bits per heavy atom. The minimum absolute atomic E-state index is 0.0637. The lowest BCUT2D eigenvalue weighted by atomic mass is 9.93. The van der Waals surface area contributed by atoms with Gasteiger partial charge in [0.25, 0.3) is 5.91 Å². The maximum absolute atomic E-state index is 13.8. The topological polar surface area (TPSA) is 83.4 Å². The number of aryl methyl sites for hydroxylation is 2. The van der Waals surface area contributed by atoms with Crippen LogP contribution in [0.25, 0.3) is 32.6 Å². The van der Waals surface area contributed by atoms with Crippen LogP contribution in [0.1, 0.15) is 41.0 Å². The van der Waals surface area contributed by atoms with Gasteiger partial charge in [0.1, 0.15) is 10.6 Å². The molecule has 1 saturated heterocycles. The lowest BCUT2D eigenvalue weighted by Gasteiger charge is -2.29. The number of piperidine rings is 1. The molecule has 0 spiro atoms. The van der Waals surface area contributed by atoms with Crippen LogP contribution in [-0.4, -0.2) is 77.6 Å². The van der Waals surface area contributed by atoms with E-state index in [1.54, 1.807) is 31.5 Å². The molecule has 1 aliphatic rings. The molecule has 1 aliphatic heterocycles. The summed E-state index contributed by atoms with van der Waals surface area (Å²) >= 11 is 0.908. The Hall–Kier alpha value is -3.61. The third-order valence-corrected chi connectivity index (χ3v) is 9.04. The van der Waals surface area contributed by atoms with E-state index in [9.17, 15) is 22.8 Å². The number of thiazole rings is 1. The van der Waals surface area contributed by atoms with Crippen LogP contribution in [0.4, 0.5) is 13.2 Å². The fraction of sp³-hybridized carbons (Fsp3) is 0.438. The van der Waals surface area contributed by atoms with Crippen LogP contribution in [0, 0.1) is 12.8 Å². The fourth-order valence-corrected chi connectivity index (χ4v) is 6.42. The largest absolute Gasteiger partial charge is 0.434 e. The first-order valence-corrected chi connectivity index (χ1v) is 15.6. The molecule has 1 amide bonds. The van der Waals surface area contributed by atoms with Gasteiger partial charge in [0.05, 0.1) is 5.52 Å². The molecular formula is C32H37F3N6O2S. The standard InChI is InChI=1S/C32H37F3N6O2S/c1-20-15-23(31-38-28(19-44-31)32(33,34)35)25(17-37-20)22-5-6-27-24(16-22)29(42)26(30(43)36-10-14-39(2)3)18-41(27)13-9-21-7-11-40(4)12-8-21/h5-6,15-19,21H,7-14H2,1-4H3,(H,36,43). The molecule has 8 nitrogen and oxygen atoms in total. The van der Waals surface area contributed by atoms with E-state index in [0.29, 0.717) is 58.8 Å². The highest BCUT2D eigenvalue weighted by Gasteiger charge is 2.34. The third-order valence-electron chi connectivity index (χ3n) is 8.16. The predicted molar refractivity (Wildman–Crippen MR) is 168 cm³/mol. The van der Waals surface area contributed by atoms with Gasteiger partial charge < -0.3 is 19.7 Å². The van der Waals surface area contributed by atoms with Crippen molar-refractivity contribution in [1.29, 1.82) is 0 Å². The molecule has 0 saturated carbocycles. The highest BCUT2D eigenvalue weighted by molar-refractivity contribution is 7.13. The smallest absolute Gasteiger partial charge is 0.351 e. The van der Waals surface area contributed by atoms with Crippen molar-refractivity contribution in [2.24, 2.45) is 5.92 Å². The molecule has 3 aromatic heterocycles. The van der Waals surface area contributed by atoms with E-state index in [4.69, 9.17) is 0 Å². The number of carbonyl (C=O) groups is 1. The van der Waals surface area contributed by atoms with Crippen LogP contribution in [0.15, 0.2) is 46.8 Å². The first kappa shape index (κ1) is 31.8. The molecule has 0 atom stereocenters. The third kappa shape index (κ3) is 7.19. The van der Waals surface area contributed by atoms with Crippen LogP contribution < -0.4 is 10.7 Å². The number of benzene rings is 1. The zero-order chi connectivity index (χ0) is 31.6. The highest BCUT2D eigenvalue weighted by Crippen LogP contribution is 2.38. The number of likely N-dealkylation sites (tertiary alicyclic amines) is 1. The first-order valence-electron chi connectivity index (χ1n) is 14.7. The number of nitrogens with one attached hydrogen (secondary N) is 1. The van der Waals surface area contributed by atoms with E-state index in [1.807, 2.05) is 35.7 Å². The summed E-state index contributed by atoms with van der Waals surface area (Å²) < 4.78 is 42.0. The lowest BCUT2D eigenvalue weighted by molar-refractivity contribution is -0.140. The second-order valence-electron chi connectivity index (χ2n) is 11.8. The molecule has 0 aliphatic carbocycles. The number of alkyl halides is 3. The molecule has 1 N–H and O–H groups in total. The van der Waals surface area contributed by atoms with Gasteiger partial charge in [-0.25, -0.2) is 4.98 Å². The fourth-order valence-electron chi connectivity index (χ4n) is 5.57. The van der Waals surface area contributed by atoms with Gasteiger partial charge >= 0.3 is 6.18 Å². The molecule has 1 fully saturated rings. The second kappa shape index (κ2) is 13.2. The number of fused-ring (bicyclic) bond motifs is 1. The van der Waals surface area contributed by atoms with E-state index in [1.165, 1.54) is 0 Å². The molecule has 0 bridgehead atoms. The molecule has 234 valence electrons. The summed E-state index contributed by atoms with van der Waals surface area (Å²) in [6, 6.07) is 7.11. The Labute approximate surface area is 258 Å². The van der Waals surface area contributed by atoms with Crippen LogP contribution in [-0.2, 0) is 12.7 Å². The number of carbonyl (C=O) groups excluding carboxylic acids is 1. The summed E-state index contributed by atoms with van der Waals surface area (Å²) in [5.74, 6) is 0.121. The molecule has 5 rings (SSSR count). The molecule has 0 unspecified atom stereocenters. The van der Waals surface area contributed by atoms with Crippen molar-refractivity contribution in [3.05, 3.63) is 69.2 Å². The van der Waals surface area contributed by atoms with Gasteiger partial charge in [0.2, 0.25) is 5.43 Å². The summed E-state index contributed by atoms with van der Waals surface area (Å²) in [7, 11) is 5.94. The van der Waals surface area contributed by atoms with Gasteiger partial charge in [-0.1, -0.05) is 6.07 Å². The average molecular weight is 627 g/mol. The minimum Gasteiger partial charge on any atom is -0.351 e. The van der Waals surface area contributed by atoms with E-state index in [0.717, 1.165) is 49.1 Å². The zero-order valence-corrected chi connectivity index (χ0v) is 26.2. The maximum atomic E-state index is 13.8. The number of nitrogens with zero attached hydrogens (tertiary/aromatic N) is 5. The molecule has 1 aromatic carbocycles. The normalized spacial score (nSPS) is 14.9. The Bertz CT molecular complexity index is 1710. The zero-order valence-electron chi connectivity index (χ0n) is 25.4. The van der Waals surface area contributed by atoms with E-state index < -0.39 is 23.2 Å². The molecule has 4 heterocycles. The van der Waals surface area contributed by atoms with Crippen molar-refractivity contribution in [1.82, 2.24) is 29.7 Å². The van der Waals surface area contributed by atoms with Crippen LogP contribution in [0.3, 0.4) is 0 Å². The van der Waals surface area contributed by atoms with Gasteiger partial charge in [0, 0.05) is 59.6 Å². The number of likely N-dealkylation sites (N-methyl/N-ethyl adjacent to an activating group) is 1. The number of rotatable bonds is 9. The summed E-state index contributed by atoms with van der Waals surface area (Å²) in [5.41, 5.74) is 1.70. The summed E-state index contributed by atoms with van der Waals surface area (Å²) in [4.78, 5) is 39.6. The Kier molecular flexibility index (Phi) is 9.52. The molecule has 0 radical (unpaired) electrons. The average Bonchev–Trinajstić information content (AvgIpc) is 3.49. The monoisotopic (exact) mass is 626 g/mol. The Balaban J connectivity index is 1.57. The Morgan fingerprint density at radius 3 is 2.59 bits per heavy atom. The quantitative estimate of drug-likeness (QED) is 0.263. The lowest BCUT2D eigenvalue weighted by Crippen LogP contribution is -2.34. The molecule has 12 heteroatoms. The van der Waals surface area contributed by atoms with Crippen molar-refractivity contribution in [2.45, 2.75) is 38.9 Å². The summed E-state index contributed by atoms with van der Waals surface area (Å²) in [5, 5.41) is 4.44. The number of amides is 1. The number of aromatic nitrogens is 3. The van der Waals surface area contributed by atoms with Crippen molar-refractivity contribution < 1.29 is 18.0 Å². The minimum atomic E-state index is -4.55. The van der Waals surface area contributed by atoms with E-state index >= 15 is 0 Å². The van der Waals surface area contributed by atoms with Gasteiger partial charge in [-0.2, -0.15) is 13.2 Å². The molecule has 44 heavy (non-hydrogen) atoms. The van der Waals surface area contributed by atoms with Crippen LogP contribution in [0.5, 0.6) is 0 Å². The number of hydrogen-bond donors (Lipinski definition) is 1. The number of pyridine rings is 2. The van der Waals surface area contributed by atoms with E-state index in [-0.39, 0.29) is 10.6 Å². The van der Waals surface area contributed by atoms with Crippen molar-refractivity contribution in [3.8, 4) is 21.7 Å². The first-order chi connectivity index (χ1) is 20.9. The van der Waals surface area contributed by atoms with Crippen molar-refractivity contribution in [2.75, 3.05) is 47.3 Å². The van der Waals surface area contributed by atoms with Gasteiger partial charge in [-0.15, -0.1) is 11.3 Å². The van der Waals surface area contributed by atoms with Crippen LogP contribution in [0.2, 0.25) is 0 Å². The number of hydrogen-bond acceptors (Lipinski definition) is 7. The van der Waals surface area contributed by atoms with Crippen molar-refractivity contribution >= 4 is 28.1 Å². The summed E-state index contributed by atoms with van der Waals surface area (Å²) in [6.07, 6.45) is 1.84. The molecular weight excluding hydrogens is 589 g/mol. The van der Waals surface area contributed by atoms with Gasteiger partial charge in [-0.05, 0) is 90.1 Å². The SMILES string of the molecule is Cc1cc(-c2nc(C(F)(F)F)cs2)c(-c2ccc3c(c2)c(=O)c(C(=O)NCCN(C)C)cn3CCC2CCN(C)CC2)cn1. The van der Waals surface area contributed by atoms with Crippen molar-refractivity contribution in [3.63, 3.8) is 0 Å². The van der Waals surface area contributed by atoms with Gasteiger partial charge in [-0.3, -0.25) is 14.6 Å². The maximum Gasteiger partial charge on any atom is 0.434 e. The van der Waals surface area contributed by atoms with E-state index in [2.05, 4.69) is 27.2 Å². The predicted octanol–water partition coefficient (Wildman–Crippen LogP) is 5.54. The highest BCUT2D eigenvalue weighted by atomic mass is 32.1. The van der Waals surface area contributed by atoms with Gasteiger partial charge in [0.15, 0.2) is 5.69 Å². The van der Waals surface area contributed by atoms with Crippen LogP contribution >= 0.6 is 11.3 Å². The second-order valence-corrected chi connectivity index (χ2v) is 12.7. The Morgan fingerprint density at radius 2 is 1.91 bits per heavy atom. The molecule has 4 aromatic rings. The number of halogens is 3. The summed E-state index contributed by atoms with van der Waals surface area (Å²) in [6.45, 7) is 5.54.